The Kier molecular flexibility index (Phi) is 3.80. The third-order valence-electron chi connectivity index (χ3n) is 4.58. The third-order valence-corrected chi connectivity index (χ3v) is 4.58. The Morgan fingerprint density at radius 3 is 2.60 bits per heavy atom. The van der Waals surface area contributed by atoms with Gasteiger partial charge in [-0.15, -0.1) is 0 Å². The topological polar surface area (TPSA) is 44.8 Å². The molecule has 4 rings (SSSR count). The summed E-state index contributed by atoms with van der Waals surface area (Å²) in [4.78, 5) is 12.8. The number of benzene rings is 3. The second-order valence-corrected chi connectivity index (χ2v) is 6.00. The van der Waals surface area contributed by atoms with E-state index < -0.39 is 0 Å². The first-order valence-corrected chi connectivity index (χ1v) is 8.15. The van der Waals surface area contributed by atoms with Crippen LogP contribution >= 0.6 is 0 Å². The molecule has 0 aromatic heterocycles. The van der Waals surface area contributed by atoms with Crippen molar-refractivity contribution in [1.29, 1.82) is 0 Å². The molecular weight excluding hydrogens is 316 g/mol. The van der Waals surface area contributed by atoms with Crippen LogP contribution in [0.5, 0.6) is 17.2 Å². The lowest BCUT2D eigenvalue weighted by Crippen LogP contribution is -2.21. The van der Waals surface area contributed by atoms with Gasteiger partial charge in [0.15, 0.2) is 5.78 Å². The molecule has 1 atom stereocenters. The molecule has 0 amide bonds. The van der Waals surface area contributed by atoms with E-state index >= 15 is 0 Å². The van der Waals surface area contributed by atoms with Gasteiger partial charge in [0, 0.05) is 17.7 Å². The fraction of sp³-hybridized carbons (Fsp3) is 0.190. The number of ether oxygens (including phenoxy) is 3. The van der Waals surface area contributed by atoms with Gasteiger partial charge < -0.3 is 14.2 Å². The maximum absolute atomic E-state index is 12.8. The zero-order valence-electron chi connectivity index (χ0n) is 14.1. The Labute approximate surface area is 145 Å². The highest BCUT2D eigenvalue weighted by atomic mass is 16.5. The Balaban J connectivity index is 1.82. The van der Waals surface area contributed by atoms with Crippen LogP contribution in [0.25, 0.3) is 10.8 Å². The van der Waals surface area contributed by atoms with Gasteiger partial charge in [-0.25, -0.2) is 0 Å². The number of hydrogen-bond acceptors (Lipinski definition) is 4. The zero-order chi connectivity index (χ0) is 17.4. The van der Waals surface area contributed by atoms with Crippen molar-refractivity contribution in [3.8, 4) is 17.2 Å². The summed E-state index contributed by atoms with van der Waals surface area (Å²) < 4.78 is 16.9. The molecule has 126 valence electrons. The molecule has 0 bridgehead atoms. The van der Waals surface area contributed by atoms with Crippen molar-refractivity contribution < 1.29 is 19.0 Å². The van der Waals surface area contributed by atoms with Crippen LogP contribution in [0.2, 0.25) is 0 Å². The van der Waals surface area contributed by atoms with E-state index in [1.54, 1.807) is 26.4 Å². The van der Waals surface area contributed by atoms with Crippen molar-refractivity contribution >= 4 is 16.6 Å². The number of carbonyl (C=O) groups is 1. The second-order valence-electron chi connectivity index (χ2n) is 6.00. The predicted octanol–water partition coefficient (Wildman–Crippen LogP) is 4.56. The van der Waals surface area contributed by atoms with Crippen molar-refractivity contribution in [1.82, 2.24) is 0 Å². The van der Waals surface area contributed by atoms with Crippen molar-refractivity contribution in [2.75, 3.05) is 14.2 Å². The lowest BCUT2D eigenvalue weighted by Gasteiger charge is -2.27. The number of carbonyl (C=O) groups excluding carboxylic acids is 1. The molecule has 0 spiro atoms. The zero-order valence-corrected chi connectivity index (χ0v) is 14.1. The highest BCUT2D eigenvalue weighted by Gasteiger charge is 2.32. The highest BCUT2D eigenvalue weighted by molar-refractivity contribution is 6.03. The van der Waals surface area contributed by atoms with E-state index in [9.17, 15) is 4.79 Å². The van der Waals surface area contributed by atoms with E-state index in [-0.39, 0.29) is 18.3 Å². The normalized spacial score (nSPS) is 16.2. The maximum Gasteiger partial charge on any atom is 0.174 e. The van der Waals surface area contributed by atoms with Crippen LogP contribution in [0.1, 0.15) is 28.4 Å². The standard InChI is InChI=1S/C21H18O4/c1-23-14-10-19(24-2)21-17(22)12-18(25-20(21)11-14)16-9-5-7-13-6-3-4-8-15(13)16/h3-11,18H,12H2,1-2H3/t18-/m1/s1. The molecule has 1 aliphatic rings. The largest absolute Gasteiger partial charge is 0.496 e. The number of rotatable bonds is 3. The number of ketones is 1. The van der Waals surface area contributed by atoms with Gasteiger partial charge in [0.05, 0.1) is 20.6 Å². The van der Waals surface area contributed by atoms with Gasteiger partial charge in [0.25, 0.3) is 0 Å². The number of hydrogen-bond donors (Lipinski definition) is 0. The molecule has 3 aromatic carbocycles. The molecule has 0 radical (unpaired) electrons. The molecular formula is C21H18O4. The predicted molar refractivity (Wildman–Crippen MR) is 95.8 cm³/mol. The Morgan fingerprint density at radius 1 is 1.00 bits per heavy atom. The summed E-state index contributed by atoms with van der Waals surface area (Å²) >= 11 is 0. The Hall–Kier alpha value is -3.01. The van der Waals surface area contributed by atoms with E-state index in [1.807, 2.05) is 24.3 Å². The van der Waals surface area contributed by atoms with Gasteiger partial charge in [-0.05, 0) is 10.8 Å². The summed E-state index contributed by atoms with van der Waals surface area (Å²) in [6, 6.07) is 17.6. The number of Topliss-reactive ketones (excluding diaryl/α,β-unsaturated/α-hetero) is 1. The molecule has 0 aliphatic carbocycles. The summed E-state index contributed by atoms with van der Waals surface area (Å²) in [5.74, 6) is 1.60. The van der Waals surface area contributed by atoms with Crippen LogP contribution < -0.4 is 14.2 Å². The van der Waals surface area contributed by atoms with Crippen molar-refractivity contribution in [2.45, 2.75) is 12.5 Å². The molecule has 3 aromatic rings. The van der Waals surface area contributed by atoms with Crippen molar-refractivity contribution in [3.05, 3.63) is 65.7 Å². The minimum atomic E-state index is -0.331. The maximum atomic E-state index is 12.8. The van der Waals surface area contributed by atoms with Crippen LogP contribution in [0.4, 0.5) is 0 Å². The molecule has 1 aliphatic heterocycles. The molecule has 0 saturated heterocycles. The lowest BCUT2D eigenvalue weighted by molar-refractivity contribution is 0.0846. The highest BCUT2D eigenvalue weighted by Crippen LogP contribution is 2.43. The van der Waals surface area contributed by atoms with E-state index in [0.717, 1.165) is 16.3 Å². The van der Waals surface area contributed by atoms with E-state index in [4.69, 9.17) is 14.2 Å². The minimum Gasteiger partial charge on any atom is -0.496 e. The van der Waals surface area contributed by atoms with Crippen LogP contribution in [-0.4, -0.2) is 20.0 Å². The first-order valence-electron chi connectivity index (χ1n) is 8.15. The summed E-state index contributed by atoms with van der Waals surface area (Å²) in [6.45, 7) is 0. The van der Waals surface area contributed by atoms with E-state index in [2.05, 4.69) is 18.2 Å². The lowest BCUT2D eigenvalue weighted by atomic mass is 9.92. The fourth-order valence-corrected chi connectivity index (χ4v) is 3.38. The van der Waals surface area contributed by atoms with E-state index in [1.165, 1.54) is 0 Å². The van der Waals surface area contributed by atoms with Crippen molar-refractivity contribution in [3.63, 3.8) is 0 Å². The quantitative estimate of drug-likeness (QED) is 0.704. The SMILES string of the molecule is COc1cc(OC)c2c(c1)O[C@@H](c1cccc3ccccc13)CC2=O. The van der Waals surface area contributed by atoms with Gasteiger partial charge in [0.1, 0.15) is 28.9 Å². The molecule has 1 heterocycles. The molecule has 4 heteroatoms. The molecule has 0 saturated carbocycles. The molecule has 0 unspecified atom stereocenters. The van der Waals surface area contributed by atoms with Crippen molar-refractivity contribution in [2.24, 2.45) is 0 Å². The molecule has 4 nitrogen and oxygen atoms in total. The summed E-state index contributed by atoms with van der Waals surface area (Å²) in [7, 11) is 3.12. The van der Waals surface area contributed by atoms with Gasteiger partial charge in [-0.1, -0.05) is 42.5 Å². The van der Waals surface area contributed by atoms with Gasteiger partial charge in [-0.3, -0.25) is 4.79 Å². The fourth-order valence-electron chi connectivity index (χ4n) is 3.38. The Bertz CT molecular complexity index is 956. The average Bonchev–Trinajstić information content (AvgIpc) is 2.66. The first-order chi connectivity index (χ1) is 12.2. The molecule has 0 fully saturated rings. The van der Waals surface area contributed by atoms with Crippen LogP contribution in [0.3, 0.4) is 0 Å². The Morgan fingerprint density at radius 2 is 1.80 bits per heavy atom. The van der Waals surface area contributed by atoms with Gasteiger partial charge in [-0.2, -0.15) is 0 Å². The van der Waals surface area contributed by atoms with Crippen LogP contribution in [0.15, 0.2) is 54.6 Å². The van der Waals surface area contributed by atoms with Crippen LogP contribution in [-0.2, 0) is 0 Å². The number of fused-ring (bicyclic) bond motifs is 2. The van der Waals surface area contributed by atoms with Gasteiger partial charge >= 0.3 is 0 Å². The number of methoxy groups -OCH3 is 2. The smallest absolute Gasteiger partial charge is 0.174 e. The summed E-state index contributed by atoms with van der Waals surface area (Å²) in [5, 5.41) is 2.23. The van der Waals surface area contributed by atoms with Crippen LogP contribution in [0, 0.1) is 0 Å². The summed E-state index contributed by atoms with van der Waals surface area (Å²) in [5.41, 5.74) is 1.50. The van der Waals surface area contributed by atoms with Gasteiger partial charge in [0.2, 0.25) is 0 Å². The minimum absolute atomic E-state index is 0.0127. The third kappa shape index (κ3) is 2.60. The molecule has 0 N–H and O–H groups in total. The summed E-state index contributed by atoms with van der Waals surface area (Å²) in [6.07, 6.45) is -0.0492. The average molecular weight is 334 g/mol. The second kappa shape index (κ2) is 6.13. The molecule has 25 heavy (non-hydrogen) atoms. The first kappa shape index (κ1) is 15.5. The monoisotopic (exact) mass is 334 g/mol. The van der Waals surface area contributed by atoms with E-state index in [0.29, 0.717) is 22.8 Å².